The largest absolute Gasteiger partial charge is 0.497 e. The van der Waals surface area contributed by atoms with Crippen LogP contribution in [0.15, 0.2) is 42.5 Å². The highest BCUT2D eigenvalue weighted by Crippen LogP contribution is 2.29. The molecular weight excluding hydrogens is 346 g/mol. The fourth-order valence-corrected chi connectivity index (χ4v) is 2.37. The molecule has 0 heterocycles. The van der Waals surface area contributed by atoms with Crippen molar-refractivity contribution in [2.45, 2.75) is 20.0 Å². The second-order valence-electron chi connectivity index (χ2n) is 6.00. The number of hydrogen-bond donors (Lipinski definition) is 1. The summed E-state index contributed by atoms with van der Waals surface area (Å²) < 4.78 is 21.4. The molecule has 2 aromatic rings. The summed E-state index contributed by atoms with van der Waals surface area (Å²) in [5.74, 6) is 2.20. The van der Waals surface area contributed by atoms with Gasteiger partial charge in [0.15, 0.2) is 11.5 Å². The van der Waals surface area contributed by atoms with E-state index in [2.05, 4.69) is 5.32 Å². The summed E-state index contributed by atoms with van der Waals surface area (Å²) in [5, 5.41) is 2.79. The van der Waals surface area contributed by atoms with Gasteiger partial charge in [-0.2, -0.15) is 0 Å². The minimum atomic E-state index is -0.272. The Morgan fingerprint density at radius 2 is 1.59 bits per heavy atom. The van der Waals surface area contributed by atoms with Crippen molar-refractivity contribution in [1.29, 1.82) is 0 Å². The average Bonchev–Trinajstić information content (AvgIpc) is 2.66. The zero-order valence-corrected chi connectivity index (χ0v) is 16.2. The van der Waals surface area contributed by atoms with Crippen molar-refractivity contribution in [3.8, 4) is 23.0 Å². The highest BCUT2D eigenvalue weighted by Gasteiger charge is 2.07. The molecule has 0 bridgehead atoms. The monoisotopic (exact) mass is 371 g/mol. The van der Waals surface area contributed by atoms with Crippen molar-refractivity contribution in [2.24, 2.45) is 0 Å². The minimum absolute atomic E-state index is 0.0472. The first-order valence-corrected chi connectivity index (χ1v) is 8.52. The van der Waals surface area contributed by atoms with Gasteiger partial charge in [0.2, 0.25) is 5.91 Å². The summed E-state index contributed by atoms with van der Waals surface area (Å²) in [7, 11) is 4.69. The molecule has 0 aliphatic rings. The third kappa shape index (κ3) is 5.95. The van der Waals surface area contributed by atoms with Crippen LogP contribution in [0.5, 0.6) is 23.0 Å². The van der Waals surface area contributed by atoms with Gasteiger partial charge in [-0.25, -0.2) is 0 Å². The van der Waals surface area contributed by atoms with Gasteiger partial charge in [-0.1, -0.05) is 6.07 Å². The van der Waals surface area contributed by atoms with Gasteiger partial charge in [0.25, 0.3) is 0 Å². The molecule has 0 atom stereocenters. The first-order chi connectivity index (χ1) is 12.9. The van der Waals surface area contributed by atoms with Crippen molar-refractivity contribution >= 4 is 17.7 Å². The van der Waals surface area contributed by atoms with Gasteiger partial charge >= 0.3 is 0 Å². The average molecular weight is 371 g/mol. The first-order valence-electron chi connectivity index (χ1n) is 8.52. The summed E-state index contributed by atoms with van der Waals surface area (Å²) in [6.07, 6.45) is 3.20. The molecule has 0 aliphatic carbocycles. The SMILES string of the molecule is COc1cc(NC(=O)/C=C/c2ccc(OC(C)C)c(OC)c2)cc(OC)c1. The molecule has 0 aliphatic heterocycles. The molecule has 6 heteroatoms. The number of ether oxygens (including phenoxy) is 4. The van der Waals surface area contributed by atoms with E-state index < -0.39 is 0 Å². The molecule has 0 radical (unpaired) electrons. The number of carbonyl (C=O) groups excluding carboxylic acids is 1. The Hall–Kier alpha value is -3.15. The molecule has 27 heavy (non-hydrogen) atoms. The summed E-state index contributed by atoms with van der Waals surface area (Å²) in [6, 6.07) is 10.7. The summed E-state index contributed by atoms with van der Waals surface area (Å²) in [4.78, 5) is 12.2. The lowest BCUT2D eigenvalue weighted by Crippen LogP contribution is -2.08. The third-order valence-electron chi connectivity index (χ3n) is 3.60. The molecule has 1 amide bonds. The molecule has 1 N–H and O–H groups in total. The number of amides is 1. The van der Waals surface area contributed by atoms with Gasteiger partial charge in [-0.15, -0.1) is 0 Å². The van der Waals surface area contributed by atoms with Gasteiger partial charge in [0, 0.05) is 30.0 Å². The van der Waals surface area contributed by atoms with Crippen LogP contribution in [-0.4, -0.2) is 33.3 Å². The summed E-state index contributed by atoms with van der Waals surface area (Å²) in [5.41, 5.74) is 1.40. The van der Waals surface area contributed by atoms with Crippen molar-refractivity contribution in [3.63, 3.8) is 0 Å². The molecule has 144 valence electrons. The Bertz CT molecular complexity index is 792. The molecular formula is C21H25NO5. The molecule has 0 saturated carbocycles. The smallest absolute Gasteiger partial charge is 0.248 e. The van der Waals surface area contributed by atoms with Crippen molar-refractivity contribution in [2.75, 3.05) is 26.6 Å². The van der Waals surface area contributed by atoms with Gasteiger partial charge in [-0.3, -0.25) is 4.79 Å². The molecule has 0 fully saturated rings. The molecule has 0 spiro atoms. The minimum Gasteiger partial charge on any atom is -0.497 e. The molecule has 2 aromatic carbocycles. The van der Waals surface area contributed by atoms with E-state index in [-0.39, 0.29) is 12.0 Å². The normalized spacial score (nSPS) is 10.7. The third-order valence-corrected chi connectivity index (χ3v) is 3.60. The second kappa shape index (κ2) is 9.52. The van der Waals surface area contributed by atoms with E-state index in [1.807, 2.05) is 32.0 Å². The van der Waals surface area contributed by atoms with E-state index in [0.717, 1.165) is 5.56 Å². The maximum absolute atomic E-state index is 12.2. The lowest BCUT2D eigenvalue weighted by atomic mass is 10.2. The quantitative estimate of drug-likeness (QED) is 0.706. The topological polar surface area (TPSA) is 66.0 Å². The maximum Gasteiger partial charge on any atom is 0.248 e. The maximum atomic E-state index is 12.2. The van der Waals surface area contributed by atoms with Crippen LogP contribution in [0.3, 0.4) is 0 Å². The van der Waals surface area contributed by atoms with E-state index in [4.69, 9.17) is 18.9 Å². The Morgan fingerprint density at radius 1 is 0.926 bits per heavy atom. The lowest BCUT2D eigenvalue weighted by molar-refractivity contribution is -0.111. The number of nitrogens with one attached hydrogen (secondary N) is 1. The second-order valence-corrected chi connectivity index (χ2v) is 6.00. The van der Waals surface area contributed by atoms with Crippen LogP contribution in [-0.2, 0) is 4.79 Å². The van der Waals surface area contributed by atoms with E-state index in [9.17, 15) is 4.79 Å². The number of hydrogen-bond acceptors (Lipinski definition) is 5. The van der Waals surface area contributed by atoms with Crippen molar-refractivity contribution < 1.29 is 23.7 Å². The highest BCUT2D eigenvalue weighted by molar-refractivity contribution is 6.02. The van der Waals surface area contributed by atoms with Crippen LogP contribution in [0.25, 0.3) is 6.08 Å². The molecule has 6 nitrogen and oxygen atoms in total. The Kier molecular flexibility index (Phi) is 7.11. The predicted octanol–water partition coefficient (Wildman–Crippen LogP) is 4.15. The van der Waals surface area contributed by atoms with E-state index in [1.54, 1.807) is 45.6 Å². The fourth-order valence-electron chi connectivity index (χ4n) is 2.37. The van der Waals surface area contributed by atoms with Gasteiger partial charge in [0.05, 0.1) is 27.4 Å². The van der Waals surface area contributed by atoms with Crippen LogP contribution < -0.4 is 24.3 Å². The van der Waals surface area contributed by atoms with E-state index in [0.29, 0.717) is 28.7 Å². The van der Waals surface area contributed by atoms with Crippen LogP contribution in [0, 0.1) is 0 Å². The number of benzene rings is 2. The standard InChI is InChI=1S/C21H25NO5/c1-14(2)27-19-8-6-15(10-20(19)26-5)7-9-21(23)22-16-11-17(24-3)13-18(12-16)25-4/h6-14H,1-5H3,(H,22,23)/b9-7+. The van der Waals surface area contributed by atoms with E-state index >= 15 is 0 Å². The van der Waals surface area contributed by atoms with Crippen LogP contribution in [0.4, 0.5) is 5.69 Å². The zero-order valence-electron chi connectivity index (χ0n) is 16.2. The number of anilines is 1. The summed E-state index contributed by atoms with van der Waals surface area (Å²) >= 11 is 0. The van der Waals surface area contributed by atoms with Crippen molar-refractivity contribution in [3.05, 3.63) is 48.0 Å². The van der Waals surface area contributed by atoms with Crippen molar-refractivity contribution in [1.82, 2.24) is 0 Å². The van der Waals surface area contributed by atoms with Gasteiger partial charge in [0.1, 0.15) is 11.5 Å². The highest BCUT2D eigenvalue weighted by atomic mass is 16.5. The molecule has 0 aromatic heterocycles. The van der Waals surface area contributed by atoms with Crippen LogP contribution >= 0.6 is 0 Å². The first kappa shape index (κ1) is 20.2. The predicted molar refractivity (Wildman–Crippen MR) is 106 cm³/mol. The zero-order chi connectivity index (χ0) is 19.8. The van der Waals surface area contributed by atoms with Gasteiger partial charge < -0.3 is 24.3 Å². The Morgan fingerprint density at radius 3 is 2.15 bits per heavy atom. The molecule has 2 rings (SSSR count). The number of carbonyl (C=O) groups is 1. The molecule has 0 saturated heterocycles. The Balaban J connectivity index is 2.10. The lowest BCUT2D eigenvalue weighted by Gasteiger charge is -2.13. The molecule has 0 unspecified atom stereocenters. The summed E-state index contributed by atoms with van der Waals surface area (Å²) in [6.45, 7) is 3.90. The number of methoxy groups -OCH3 is 3. The fraction of sp³-hybridized carbons (Fsp3) is 0.286. The van der Waals surface area contributed by atoms with E-state index in [1.165, 1.54) is 6.08 Å². The Labute approximate surface area is 159 Å². The van der Waals surface area contributed by atoms with Gasteiger partial charge in [-0.05, 0) is 37.6 Å². The number of rotatable bonds is 8. The van der Waals surface area contributed by atoms with Crippen LogP contribution in [0.2, 0.25) is 0 Å². The van der Waals surface area contributed by atoms with Crippen LogP contribution in [0.1, 0.15) is 19.4 Å².